The third-order valence-electron chi connectivity index (χ3n) is 0.692. The van der Waals surface area contributed by atoms with E-state index < -0.39 is 31.4 Å². The average molecular weight is 194 g/mol. The highest BCUT2D eigenvalue weighted by Crippen LogP contribution is 2.11. The van der Waals surface area contributed by atoms with Gasteiger partial charge in [0, 0.05) is 13.0 Å². The van der Waals surface area contributed by atoms with E-state index in [1.807, 2.05) is 0 Å². The molecule has 0 unspecified atom stereocenters. The molecule has 0 fully saturated rings. The van der Waals surface area contributed by atoms with Crippen LogP contribution in [0.1, 0.15) is 22.1 Å². The third-order valence-corrected chi connectivity index (χ3v) is 1.25. The second-order valence-corrected chi connectivity index (χ2v) is 2.02. The van der Waals surface area contributed by atoms with Crippen molar-refractivity contribution in [3.05, 3.63) is 22.6 Å². The molecule has 1 heterocycles. The van der Waals surface area contributed by atoms with E-state index in [0.29, 0.717) is 0 Å². The molecule has 0 amide bonds. The van der Waals surface area contributed by atoms with Gasteiger partial charge in [-0.1, -0.05) is 6.85 Å². The van der Waals surface area contributed by atoms with Crippen molar-refractivity contribution in [3.63, 3.8) is 0 Å². The number of hydrogen-bond acceptors (Lipinski definition) is 2. The molecule has 0 saturated heterocycles. The fourth-order valence-electron chi connectivity index (χ4n) is 0.334. The Balaban J connectivity index is 3.44. The van der Waals surface area contributed by atoms with Gasteiger partial charge < -0.3 is 0 Å². The molecule has 1 rings (SSSR count). The minimum absolute atomic E-state index is 0.148. The summed E-state index contributed by atoms with van der Waals surface area (Å²) in [5, 5.41) is 0. The first-order valence-corrected chi connectivity index (χ1v) is 2.88. The number of nitrogens with zero attached hydrogens (tertiary/aromatic N) is 2. The lowest BCUT2D eigenvalue weighted by atomic mass is 10.3. The molecule has 0 aliphatic carbocycles. The van der Waals surface area contributed by atoms with Crippen molar-refractivity contribution in [1.82, 2.24) is 9.97 Å². The Labute approximate surface area is 72.3 Å². The molecule has 0 radical (unpaired) electrons. The van der Waals surface area contributed by atoms with Crippen LogP contribution in [0.2, 0.25) is 0 Å². The van der Waals surface area contributed by atoms with E-state index in [-0.39, 0.29) is 4.47 Å². The zero-order chi connectivity index (χ0) is 12.7. The van der Waals surface area contributed by atoms with Gasteiger partial charge in [0.05, 0.1) is 11.5 Å². The predicted molar refractivity (Wildman–Crippen MR) is 39.1 cm³/mol. The number of hydrogen-bond donors (Lipinski definition) is 0. The fourth-order valence-corrected chi connectivity index (χ4v) is 0.610. The third kappa shape index (κ3) is 1.48. The molecule has 0 N–H and O–H groups in total. The fraction of sp³-hybridized carbons (Fsp3) is 0.333. The van der Waals surface area contributed by atoms with Gasteiger partial charge in [-0.3, -0.25) is 0 Å². The lowest BCUT2D eigenvalue weighted by molar-refractivity contribution is 0.983. The van der Waals surface area contributed by atoms with Gasteiger partial charge in [-0.05, 0) is 22.3 Å². The van der Waals surface area contributed by atoms with Crippen molar-refractivity contribution in [2.45, 2.75) is 13.2 Å². The Kier molecular flexibility index (Phi) is 0.655. The van der Waals surface area contributed by atoms with Gasteiger partial charge in [-0.15, -0.1) is 0 Å². The first-order chi connectivity index (χ1) is 7.07. The van der Waals surface area contributed by atoms with Crippen LogP contribution < -0.4 is 0 Å². The Morgan fingerprint density at radius 3 is 3.78 bits per heavy atom. The van der Waals surface area contributed by atoms with E-state index in [9.17, 15) is 0 Å². The summed E-state index contributed by atoms with van der Waals surface area (Å²) >= 11 is 2.86. The number of aromatic nitrogens is 2. The van der Waals surface area contributed by atoms with Crippen LogP contribution in [0.5, 0.6) is 0 Å². The molecule has 3 heteroatoms. The summed E-state index contributed by atoms with van der Waals surface area (Å²) in [5.41, 5.74) is -0.502. The highest BCUT2D eigenvalue weighted by atomic mass is 79.9. The zero-order valence-corrected chi connectivity index (χ0v) is 5.86. The molecule has 0 atom stereocenters. The molecular formula is C6H7BrN2. The van der Waals surface area contributed by atoms with Gasteiger partial charge in [0.1, 0.15) is 7.67 Å². The summed E-state index contributed by atoms with van der Waals surface area (Å²) in [6.07, 6.45) is -3.74. The molecule has 0 bridgehead atoms. The SMILES string of the molecule is [2H]c1nc([2H])c(Br)c(C([2H])([2H])C([2H])([2H])[2H])n1. The smallest absolute Gasteiger partial charge is 0.115 e. The van der Waals surface area contributed by atoms with Crippen LogP contribution >= 0.6 is 15.9 Å². The first-order valence-electron chi connectivity index (χ1n) is 5.58. The first kappa shape index (κ1) is 2.02. The molecular weight excluding hydrogens is 180 g/mol. The Morgan fingerprint density at radius 1 is 2.11 bits per heavy atom. The largest absolute Gasteiger partial charge is 0.244 e. The summed E-state index contributed by atoms with van der Waals surface area (Å²) in [6.45, 7) is -2.93. The van der Waals surface area contributed by atoms with E-state index in [1.54, 1.807) is 0 Å². The van der Waals surface area contributed by atoms with Crippen molar-refractivity contribution in [3.8, 4) is 0 Å². The van der Waals surface area contributed by atoms with Crippen molar-refractivity contribution in [1.29, 1.82) is 0 Å². The maximum absolute atomic E-state index is 7.47. The number of halogens is 1. The minimum atomic E-state index is -2.93. The monoisotopic (exact) mass is 193 g/mol. The normalized spacial score (nSPS) is 23.9. The number of aryl methyl sites for hydroxylation is 1. The van der Waals surface area contributed by atoms with Crippen LogP contribution in [0.25, 0.3) is 0 Å². The maximum Gasteiger partial charge on any atom is 0.115 e. The van der Waals surface area contributed by atoms with Gasteiger partial charge in [0.25, 0.3) is 0 Å². The van der Waals surface area contributed by atoms with Gasteiger partial charge >= 0.3 is 0 Å². The lowest BCUT2D eigenvalue weighted by Gasteiger charge is -1.94. The highest BCUT2D eigenvalue weighted by Gasteiger charge is 1.94. The van der Waals surface area contributed by atoms with E-state index >= 15 is 0 Å². The lowest BCUT2D eigenvalue weighted by Crippen LogP contribution is -1.88. The van der Waals surface area contributed by atoms with Crippen LogP contribution in [0, 0.1) is 0 Å². The molecule has 1 aromatic rings. The van der Waals surface area contributed by atoms with Gasteiger partial charge in [-0.25, -0.2) is 9.97 Å². The minimum Gasteiger partial charge on any atom is -0.244 e. The van der Waals surface area contributed by atoms with E-state index in [4.69, 9.17) is 9.60 Å². The van der Waals surface area contributed by atoms with Gasteiger partial charge in [0.15, 0.2) is 0 Å². The van der Waals surface area contributed by atoms with Crippen LogP contribution in [0.15, 0.2) is 16.9 Å². The molecule has 2 nitrogen and oxygen atoms in total. The predicted octanol–water partition coefficient (Wildman–Crippen LogP) is 1.80. The molecule has 48 valence electrons. The van der Waals surface area contributed by atoms with Gasteiger partial charge in [0.2, 0.25) is 0 Å². The van der Waals surface area contributed by atoms with Gasteiger partial charge in [-0.2, -0.15) is 0 Å². The standard InChI is InChI=1S/C6H7BrN2/c1-2-6-5(7)3-8-4-9-6/h3-4H,2H2,1H3/i1D3,2D2,3D,4D. The molecule has 9 heavy (non-hydrogen) atoms. The Morgan fingerprint density at radius 2 is 3.00 bits per heavy atom. The van der Waals surface area contributed by atoms with Crippen LogP contribution in [0.3, 0.4) is 0 Å². The number of rotatable bonds is 1. The average Bonchev–Trinajstić information content (AvgIpc) is 2.09. The molecule has 0 aliphatic rings. The molecule has 0 spiro atoms. The molecule has 0 aliphatic heterocycles. The summed E-state index contributed by atoms with van der Waals surface area (Å²) in [7, 11) is 0. The second kappa shape index (κ2) is 2.92. The summed E-state index contributed by atoms with van der Waals surface area (Å²) in [4.78, 5) is 6.78. The Bertz CT molecular complexity index is 416. The quantitative estimate of drug-likeness (QED) is 0.681. The van der Waals surface area contributed by atoms with Crippen molar-refractivity contribution in [2.24, 2.45) is 0 Å². The van der Waals surface area contributed by atoms with Crippen molar-refractivity contribution in [2.75, 3.05) is 0 Å². The van der Waals surface area contributed by atoms with Crippen molar-refractivity contribution >= 4 is 15.9 Å². The van der Waals surface area contributed by atoms with E-state index in [2.05, 4.69) is 25.9 Å². The zero-order valence-electron chi connectivity index (χ0n) is 11.3. The molecule has 0 saturated carbocycles. The van der Waals surface area contributed by atoms with E-state index in [1.165, 1.54) is 0 Å². The molecule has 0 aromatic carbocycles. The summed E-state index contributed by atoms with van der Waals surface area (Å²) in [5.74, 6) is 0. The van der Waals surface area contributed by atoms with E-state index in [0.717, 1.165) is 0 Å². The highest BCUT2D eigenvalue weighted by molar-refractivity contribution is 9.10. The second-order valence-electron chi connectivity index (χ2n) is 1.22. The molecule has 1 aromatic heterocycles. The Hall–Kier alpha value is -0.440. The summed E-state index contributed by atoms with van der Waals surface area (Å²) in [6, 6.07) is 0. The van der Waals surface area contributed by atoms with Crippen LogP contribution in [-0.4, -0.2) is 9.97 Å². The van der Waals surface area contributed by atoms with Crippen molar-refractivity contribution < 1.29 is 9.60 Å². The van der Waals surface area contributed by atoms with Crippen LogP contribution in [-0.2, 0) is 6.37 Å². The summed E-state index contributed by atoms with van der Waals surface area (Å²) < 4.78 is 50.4. The maximum atomic E-state index is 7.47. The topological polar surface area (TPSA) is 25.8 Å². The van der Waals surface area contributed by atoms with Crippen LogP contribution in [0.4, 0.5) is 0 Å².